The molecule has 0 saturated heterocycles. The minimum absolute atomic E-state index is 0.339. The molecule has 2 aromatic heterocycles. The van der Waals surface area contributed by atoms with Crippen LogP contribution in [0.1, 0.15) is 36.0 Å². The number of aromatic nitrogens is 2. The van der Waals surface area contributed by atoms with E-state index in [0.717, 1.165) is 24.0 Å². The summed E-state index contributed by atoms with van der Waals surface area (Å²) in [5.74, 6) is 0.339. The molecule has 0 bridgehead atoms. The number of aryl methyl sites for hydroxylation is 2. The molecule has 0 saturated carbocycles. The number of benzene rings is 2. The van der Waals surface area contributed by atoms with Gasteiger partial charge in [0.25, 0.3) is 0 Å². The summed E-state index contributed by atoms with van der Waals surface area (Å²) in [6, 6.07) is 20.5. The lowest BCUT2D eigenvalue weighted by Crippen LogP contribution is -1.98. The van der Waals surface area contributed by atoms with Crippen molar-refractivity contribution >= 4 is 11.2 Å². The van der Waals surface area contributed by atoms with E-state index in [2.05, 4.69) is 53.3 Å². The second kappa shape index (κ2) is 7.72. The quantitative estimate of drug-likeness (QED) is 0.511. The molecule has 0 fully saturated rings. The molecule has 2 heterocycles. The summed E-state index contributed by atoms with van der Waals surface area (Å²) >= 11 is 0. The van der Waals surface area contributed by atoms with E-state index in [9.17, 15) is 5.11 Å². The lowest BCUT2D eigenvalue weighted by molar-refractivity contribution is 0.134. The van der Waals surface area contributed by atoms with E-state index >= 15 is 0 Å². The lowest BCUT2D eigenvalue weighted by atomic mass is 10.1. The largest absolute Gasteiger partial charge is 0.436 e. The van der Waals surface area contributed by atoms with Gasteiger partial charge in [0, 0.05) is 11.8 Å². The number of rotatable bonds is 6. The van der Waals surface area contributed by atoms with Crippen molar-refractivity contribution in [2.24, 2.45) is 0 Å². The fraction of sp³-hybridized carbons (Fsp3) is 0.217. The SMILES string of the molecule is Cc1ccc(-c2cnc3nc(C(O)CCCc4ccccc4)oc3c2)cc1. The maximum atomic E-state index is 10.4. The number of aliphatic hydroxyl groups is 1. The monoisotopic (exact) mass is 358 g/mol. The Morgan fingerprint density at radius 2 is 1.78 bits per heavy atom. The molecule has 0 spiro atoms. The first kappa shape index (κ1) is 17.4. The zero-order valence-electron chi connectivity index (χ0n) is 15.3. The van der Waals surface area contributed by atoms with Gasteiger partial charge in [-0.15, -0.1) is 0 Å². The molecule has 1 atom stereocenters. The molecule has 0 aliphatic carbocycles. The molecule has 0 aliphatic heterocycles. The van der Waals surface area contributed by atoms with Crippen LogP contribution in [0, 0.1) is 6.92 Å². The van der Waals surface area contributed by atoms with Gasteiger partial charge in [-0.2, -0.15) is 4.98 Å². The van der Waals surface area contributed by atoms with Gasteiger partial charge in [-0.3, -0.25) is 0 Å². The van der Waals surface area contributed by atoms with Crippen LogP contribution in [0.15, 0.2) is 71.3 Å². The van der Waals surface area contributed by atoms with Crippen LogP contribution in [0.5, 0.6) is 0 Å². The highest BCUT2D eigenvalue weighted by molar-refractivity contribution is 5.76. The van der Waals surface area contributed by atoms with Crippen LogP contribution in [0.25, 0.3) is 22.4 Å². The molecule has 0 aliphatic rings. The van der Waals surface area contributed by atoms with Gasteiger partial charge in [0.15, 0.2) is 11.2 Å². The van der Waals surface area contributed by atoms with Crippen LogP contribution in [0.3, 0.4) is 0 Å². The van der Waals surface area contributed by atoms with E-state index in [4.69, 9.17) is 4.42 Å². The van der Waals surface area contributed by atoms with E-state index in [1.807, 2.05) is 24.3 Å². The standard InChI is InChI=1S/C23H22N2O2/c1-16-10-12-18(13-11-16)19-14-21-22(24-15-19)25-23(27-21)20(26)9-5-8-17-6-3-2-4-7-17/h2-4,6-7,10-15,20,26H,5,8-9H2,1H3. The highest BCUT2D eigenvalue weighted by Gasteiger charge is 2.16. The summed E-state index contributed by atoms with van der Waals surface area (Å²) in [7, 11) is 0. The van der Waals surface area contributed by atoms with Crippen LogP contribution in [0.4, 0.5) is 0 Å². The van der Waals surface area contributed by atoms with Crippen molar-refractivity contribution in [3.05, 3.63) is 83.9 Å². The van der Waals surface area contributed by atoms with Gasteiger partial charge in [0.05, 0.1) is 0 Å². The molecule has 4 rings (SSSR count). The molecule has 0 radical (unpaired) electrons. The van der Waals surface area contributed by atoms with Crippen LogP contribution >= 0.6 is 0 Å². The summed E-state index contributed by atoms with van der Waals surface area (Å²) in [6.45, 7) is 2.06. The van der Waals surface area contributed by atoms with Crippen molar-refractivity contribution in [3.63, 3.8) is 0 Å². The second-order valence-electron chi connectivity index (χ2n) is 6.86. The lowest BCUT2D eigenvalue weighted by Gasteiger charge is -2.06. The summed E-state index contributed by atoms with van der Waals surface area (Å²) < 4.78 is 5.79. The summed E-state index contributed by atoms with van der Waals surface area (Å²) in [4.78, 5) is 8.75. The van der Waals surface area contributed by atoms with Gasteiger partial charge in [-0.1, -0.05) is 60.2 Å². The minimum atomic E-state index is -0.717. The van der Waals surface area contributed by atoms with Gasteiger partial charge < -0.3 is 9.52 Å². The first-order chi connectivity index (χ1) is 13.2. The molecule has 4 nitrogen and oxygen atoms in total. The number of nitrogens with zero attached hydrogens (tertiary/aromatic N) is 2. The van der Waals surface area contributed by atoms with Crippen LogP contribution < -0.4 is 0 Å². The molecular weight excluding hydrogens is 336 g/mol. The van der Waals surface area contributed by atoms with E-state index in [1.165, 1.54) is 11.1 Å². The average Bonchev–Trinajstić information content (AvgIpc) is 3.13. The molecule has 136 valence electrons. The maximum Gasteiger partial charge on any atom is 0.225 e. The van der Waals surface area contributed by atoms with Gasteiger partial charge in [-0.25, -0.2) is 4.98 Å². The average molecular weight is 358 g/mol. The van der Waals surface area contributed by atoms with Crippen molar-refractivity contribution in [2.75, 3.05) is 0 Å². The third-order valence-corrected chi connectivity index (χ3v) is 4.72. The smallest absolute Gasteiger partial charge is 0.225 e. The van der Waals surface area contributed by atoms with E-state index in [0.29, 0.717) is 23.5 Å². The Bertz CT molecular complexity index is 1020. The summed E-state index contributed by atoms with van der Waals surface area (Å²) in [5.41, 5.74) is 5.67. The predicted octanol–water partition coefficient (Wildman–Crippen LogP) is 5.25. The highest BCUT2D eigenvalue weighted by Crippen LogP contribution is 2.27. The fourth-order valence-electron chi connectivity index (χ4n) is 3.15. The summed E-state index contributed by atoms with van der Waals surface area (Å²) in [5, 5.41) is 10.4. The Kier molecular flexibility index (Phi) is 4.99. The third kappa shape index (κ3) is 4.07. The zero-order valence-corrected chi connectivity index (χ0v) is 15.3. The van der Waals surface area contributed by atoms with Crippen LogP contribution in [-0.4, -0.2) is 15.1 Å². The van der Waals surface area contributed by atoms with E-state index < -0.39 is 6.10 Å². The summed E-state index contributed by atoms with van der Waals surface area (Å²) in [6.07, 6.45) is 3.47. The fourth-order valence-corrected chi connectivity index (χ4v) is 3.15. The molecular formula is C23H22N2O2. The van der Waals surface area contributed by atoms with Gasteiger partial charge in [-0.05, 0) is 43.4 Å². The Balaban J connectivity index is 1.46. The Labute approximate surface area is 158 Å². The third-order valence-electron chi connectivity index (χ3n) is 4.72. The Morgan fingerprint density at radius 3 is 2.56 bits per heavy atom. The topological polar surface area (TPSA) is 59.2 Å². The number of oxazole rings is 1. The van der Waals surface area contributed by atoms with Crippen LogP contribution in [0.2, 0.25) is 0 Å². The van der Waals surface area contributed by atoms with Crippen molar-refractivity contribution in [3.8, 4) is 11.1 Å². The van der Waals surface area contributed by atoms with Crippen molar-refractivity contribution in [1.29, 1.82) is 0 Å². The van der Waals surface area contributed by atoms with Crippen molar-refractivity contribution in [2.45, 2.75) is 32.3 Å². The maximum absolute atomic E-state index is 10.4. The van der Waals surface area contributed by atoms with Crippen molar-refractivity contribution in [1.82, 2.24) is 9.97 Å². The molecule has 1 N–H and O–H groups in total. The molecule has 4 heteroatoms. The van der Waals surface area contributed by atoms with Crippen molar-refractivity contribution < 1.29 is 9.52 Å². The number of fused-ring (bicyclic) bond motifs is 1. The first-order valence-electron chi connectivity index (χ1n) is 9.24. The molecule has 4 aromatic rings. The molecule has 27 heavy (non-hydrogen) atoms. The minimum Gasteiger partial charge on any atom is -0.436 e. The van der Waals surface area contributed by atoms with Gasteiger partial charge >= 0.3 is 0 Å². The normalized spacial score (nSPS) is 12.4. The first-order valence-corrected chi connectivity index (χ1v) is 9.24. The van der Waals surface area contributed by atoms with Gasteiger partial charge in [0.1, 0.15) is 6.10 Å². The van der Waals surface area contributed by atoms with Crippen LogP contribution in [-0.2, 0) is 6.42 Å². The highest BCUT2D eigenvalue weighted by atomic mass is 16.4. The number of aliphatic hydroxyl groups excluding tert-OH is 1. The number of hydrogen-bond donors (Lipinski definition) is 1. The van der Waals surface area contributed by atoms with E-state index in [-0.39, 0.29) is 0 Å². The molecule has 1 unspecified atom stereocenters. The second-order valence-corrected chi connectivity index (χ2v) is 6.86. The molecule has 0 amide bonds. The van der Waals surface area contributed by atoms with E-state index in [1.54, 1.807) is 6.20 Å². The van der Waals surface area contributed by atoms with Gasteiger partial charge in [0.2, 0.25) is 5.89 Å². The molecule has 2 aromatic carbocycles. The Hall–Kier alpha value is -2.98. The number of hydrogen-bond acceptors (Lipinski definition) is 4. The Morgan fingerprint density at radius 1 is 1.00 bits per heavy atom. The number of pyridine rings is 1. The zero-order chi connectivity index (χ0) is 18.6. The predicted molar refractivity (Wildman–Crippen MR) is 106 cm³/mol.